The molecular weight excluding hydrogens is 318 g/mol. The molecule has 2 heterocycles. The van der Waals surface area contributed by atoms with E-state index < -0.39 is 0 Å². The van der Waals surface area contributed by atoms with E-state index in [4.69, 9.17) is 0 Å². The fourth-order valence-electron chi connectivity index (χ4n) is 3.09. The van der Waals surface area contributed by atoms with E-state index >= 15 is 0 Å². The van der Waals surface area contributed by atoms with E-state index in [0.717, 1.165) is 22.6 Å². The molecule has 1 atom stereocenters. The number of H-pyrrole nitrogens is 1. The number of para-hydroxylation sites is 1. The Balaban J connectivity index is 1.67. The molecule has 24 heavy (non-hydrogen) atoms. The zero-order chi connectivity index (χ0) is 17.3. The third-order valence-corrected chi connectivity index (χ3v) is 5.49. The molecule has 3 aromatic rings. The number of aromatic nitrogens is 2. The van der Waals surface area contributed by atoms with E-state index in [1.54, 1.807) is 11.3 Å². The van der Waals surface area contributed by atoms with Gasteiger partial charge in [-0.15, -0.1) is 11.3 Å². The van der Waals surface area contributed by atoms with Crippen molar-refractivity contribution >= 4 is 28.1 Å². The van der Waals surface area contributed by atoms with Gasteiger partial charge in [0.2, 0.25) is 5.91 Å². The Morgan fingerprint density at radius 2 is 2.08 bits per heavy atom. The number of nitrogens with zero attached hydrogens (tertiary/aromatic N) is 2. The maximum atomic E-state index is 12.6. The molecule has 0 fully saturated rings. The van der Waals surface area contributed by atoms with Gasteiger partial charge < -0.3 is 9.88 Å². The molecule has 4 nitrogen and oxygen atoms in total. The number of nitrogens with one attached hydrogen (secondary N) is 1. The molecule has 1 unspecified atom stereocenters. The van der Waals surface area contributed by atoms with Gasteiger partial charge in [-0.1, -0.05) is 18.2 Å². The van der Waals surface area contributed by atoms with Crippen LogP contribution in [-0.4, -0.2) is 27.8 Å². The van der Waals surface area contributed by atoms with Crippen LogP contribution in [0.5, 0.6) is 0 Å². The minimum absolute atomic E-state index is 0.00502. The van der Waals surface area contributed by atoms with Gasteiger partial charge in [0, 0.05) is 35.4 Å². The van der Waals surface area contributed by atoms with Gasteiger partial charge in [-0.25, -0.2) is 4.98 Å². The normalized spacial score (nSPS) is 12.5. The molecule has 0 aliphatic heterocycles. The first-order chi connectivity index (χ1) is 11.5. The SMILES string of the molecule is Cc1nc(C(C)N(C)C(=O)CCc2c[nH]c3ccccc23)c(C)s1. The van der Waals surface area contributed by atoms with Crippen LogP contribution in [0.15, 0.2) is 30.5 Å². The summed E-state index contributed by atoms with van der Waals surface area (Å²) >= 11 is 1.69. The second-order valence-corrected chi connectivity index (χ2v) is 7.62. The average molecular weight is 341 g/mol. The molecule has 0 aliphatic rings. The largest absolute Gasteiger partial charge is 0.361 e. The summed E-state index contributed by atoms with van der Waals surface area (Å²) in [6, 6.07) is 8.21. The third-order valence-electron chi connectivity index (χ3n) is 4.59. The summed E-state index contributed by atoms with van der Waals surface area (Å²) in [5.41, 5.74) is 3.33. The number of hydrogen-bond acceptors (Lipinski definition) is 3. The Bertz CT molecular complexity index is 865. The van der Waals surface area contributed by atoms with Crippen LogP contribution in [-0.2, 0) is 11.2 Å². The Hall–Kier alpha value is -2.14. The molecule has 126 valence electrons. The third kappa shape index (κ3) is 3.22. The van der Waals surface area contributed by atoms with Gasteiger partial charge >= 0.3 is 0 Å². The predicted molar refractivity (Wildman–Crippen MR) is 99.4 cm³/mol. The minimum Gasteiger partial charge on any atom is -0.361 e. The summed E-state index contributed by atoms with van der Waals surface area (Å²) in [4.78, 5) is 23.5. The molecule has 1 amide bonds. The molecular formula is C19H23N3OS. The number of aromatic amines is 1. The van der Waals surface area contributed by atoms with E-state index in [0.29, 0.717) is 6.42 Å². The van der Waals surface area contributed by atoms with Crippen LogP contribution in [0.2, 0.25) is 0 Å². The molecule has 0 aliphatic carbocycles. The number of aryl methyl sites for hydroxylation is 3. The van der Waals surface area contributed by atoms with Crippen molar-refractivity contribution in [2.75, 3.05) is 7.05 Å². The highest BCUT2D eigenvalue weighted by Crippen LogP contribution is 2.27. The second-order valence-electron chi connectivity index (χ2n) is 6.21. The van der Waals surface area contributed by atoms with E-state index in [1.165, 1.54) is 15.8 Å². The summed E-state index contributed by atoms with van der Waals surface area (Å²) in [5, 5.41) is 2.25. The minimum atomic E-state index is 0.00502. The van der Waals surface area contributed by atoms with Crippen LogP contribution < -0.4 is 0 Å². The monoisotopic (exact) mass is 341 g/mol. The number of fused-ring (bicyclic) bond motifs is 1. The van der Waals surface area contributed by atoms with Gasteiger partial charge in [0.1, 0.15) is 0 Å². The van der Waals surface area contributed by atoms with Crippen LogP contribution in [0.3, 0.4) is 0 Å². The molecule has 0 spiro atoms. The number of benzene rings is 1. The lowest BCUT2D eigenvalue weighted by molar-refractivity contribution is -0.131. The van der Waals surface area contributed by atoms with Crippen LogP contribution in [0.1, 0.15) is 40.5 Å². The van der Waals surface area contributed by atoms with Crippen molar-refractivity contribution < 1.29 is 4.79 Å². The maximum absolute atomic E-state index is 12.6. The van der Waals surface area contributed by atoms with Gasteiger partial charge in [0.15, 0.2) is 0 Å². The lowest BCUT2D eigenvalue weighted by atomic mass is 10.1. The molecule has 0 saturated heterocycles. The molecule has 1 aromatic carbocycles. The molecule has 1 N–H and O–H groups in total. The molecule has 2 aromatic heterocycles. The number of carbonyl (C=O) groups excluding carboxylic acids is 1. The molecule has 3 rings (SSSR count). The fourth-order valence-corrected chi connectivity index (χ4v) is 4.00. The summed E-state index contributed by atoms with van der Waals surface area (Å²) in [5.74, 6) is 0.151. The van der Waals surface area contributed by atoms with Gasteiger partial charge in [0.25, 0.3) is 0 Å². The Morgan fingerprint density at radius 3 is 2.79 bits per heavy atom. The van der Waals surface area contributed by atoms with Crippen molar-refractivity contribution in [1.82, 2.24) is 14.9 Å². The molecule has 0 bridgehead atoms. The van der Waals surface area contributed by atoms with E-state index in [9.17, 15) is 4.79 Å². The Kier molecular flexibility index (Phi) is 4.71. The van der Waals surface area contributed by atoms with Crippen LogP contribution in [0.4, 0.5) is 0 Å². The highest BCUT2D eigenvalue weighted by molar-refractivity contribution is 7.11. The van der Waals surface area contributed by atoms with E-state index in [1.807, 2.05) is 44.1 Å². The quantitative estimate of drug-likeness (QED) is 0.748. The lowest BCUT2D eigenvalue weighted by Gasteiger charge is -2.24. The van der Waals surface area contributed by atoms with Gasteiger partial charge in [0.05, 0.1) is 16.7 Å². The van der Waals surface area contributed by atoms with Crippen LogP contribution in [0.25, 0.3) is 10.9 Å². The van der Waals surface area contributed by atoms with Gasteiger partial charge in [-0.05, 0) is 38.8 Å². The zero-order valence-electron chi connectivity index (χ0n) is 14.6. The number of rotatable bonds is 5. The highest BCUT2D eigenvalue weighted by atomic mass is 32.1. The standard InChI is InChI=1S/C19H23N3OS/c1-12(19-13(2)24-14(3)21-19)22(4)18(23)10-9-15-11-20-17-8-6-5-7-16(15)17/h5-8,11-12,20H,9-10H2,1-4H3. The van der Waals surface area contributed by atoms with Crippen molar-refractivity contribution in [3.63, 3.8) is 0 Å². The van der Waals surface area contributed by atoms with Crippen molar-refractivity contribution in [2.45, 2.75) is 39.7 Å². The number of amides is 1. The topological polar surface area (TPSA) is 49.0 Å². The van der Waals surface area contributed by atoms with Crippen molar-refractivity contribution in [3.8, 4) is 0 Å². The summed E-state index contributed by atoms with van der Waals surface area (Å²) in [7, 11) is 1.87. The first-order valence-electron chi connectivity index (χ1n) is 8.22. The van der Waals surface area contributed by atoms with E-state index in [-0.39, 0.29) is 11.9 Å². The number of carbonyl (C=O) groups is 1. The van der Waals surface area contributed by atoms with Gasteiger partial charge in [-0.3, -0.25) is 4.79 Å². The van der Waals surface area contributed by atoms with Crippen molar-refractivity contribution in [1.29, 1.82) is 0 Å². The lowest BCUT2D eigenvalue weighted by Crippen LogP contribution is -2.30. The summed E-state index contributed by atoms with van der Waals surface area (Å²) < 4.78 is 0. The van der Waals surface area contributed by atoms with Crippen LogP contribution >= 0.6 is 11.3 Å². The van der Waals surface area contributed by atoms with E-state index in [2.05, 4.69) is 29.0 Å². The predicted octanol–water partition coefficient (Wildman–Crippen LogP) is 4.39. The Morgan fingerprint density at radius 1 is 1.33 bits per heavy atom. The Labute approximate surface area is 146 Å². The molecule has 5 heteroatoms. The first-order valence-corrected chi connectivity index (χ1v) is 9.03. The van der Waals surface area contributed by atoms with Crippen LogP contribution in [0, 0.1) is 13.8 Å². The number of thiazole rings is 1. The molecule has 0 radical (unpaired) electrons. The van der Waals surface area contributed by atoms with Gasteiger partial charge in [-0.2, -0.15) is 0 Å². The second kappa shape index (κ2) is 6.77. The fraction of sp³-hybridized carbons (Fsp3) is 0.368. The smallest absolute Gasteiger partial charge is 0.223 e. The summed E-state index contributed by atoms with van der Waals surface area (Å²) in [6.07, 6.45) is 3.26. The maximum Gasteiger partial charge on any atom is 0.223 e. The first kappa shape index (κ1) is 16.7. The van der Waals surface area contributed by atoms with Crippen molar-refractivity contribution in [2.24, 2.45) is 0 Å². The van der Waals surface area contributed by atoms with Crippen molar-refractivity contribution in [3.05, 3.63) is 51.6 Å². The highest BCUT2D eigenvalue weighted by Gasteiger charge is 2.21. The number of hydrogen-bond donors (Lipinski definition) is 1. The molecule has 0 saturated carbocycles. The average Bonchev–Trinajstić information content (AvgIpc) is 3.14. The summed E-state index contributed by atoms with van der Waals surface area (Å²) in [6.45, 7) is 6.12. The zero-order valence-corrected chi connectivity index (χ0v) is 15.4.